The fourth-order valence-electron chi connectivity index (χ4n) is 3.48. The van der Waals surface area contributed by atoms with E-state index in [0.29, 0.717) is 11.1 Å². The van der Waals surface area contributed by atoms with Crippen LogP contribution in [-0.4, -0.2) is 24.1 Å². The summed E-state index contributed by atoms with van der Waals surface area (Å²) < 4.78 is 11.1. The molecule has 0 aliphatic heterocycles. The molecule has 0 bridgehead atoms. The predicted octanol–water partition coefficient (Wildman–Crippen LogP) is 7.09. The zero-order valence-electron chi connectivity index (χ0n) is 18.9. The Morgan fingerprint density at radius 1 is 0.700 bits per heavy atom. The van der Waals surface area contributed by atoms with Gasteiger partial charge >= 0.3 is 11.9 Å². The second-order valence-electron chi connectivity index (χ2n) is 8.20. The number of fused-ring (bicyclic) bond motifs is 1. The molecule has 0 heterocycles. The highest BCUT2D eigenvalue weighted by Gasteiger charge is 2.15. The molecule has 4 nitrogen and oxygen atoms in total. The molecule has 2 aromatic carbocycles. The number of esters is 2. The number of hydrogen-bond acceptors (Lipinski definition) is 4. The summed E-state index contributed by atoms with van der Waals surface area (Å²) in [6.45, 7) is 8.20. The molecule has 0 radical (unpaired) electrons. The Morgan fingerprint density at radius 3 is 1.47 bits per heavy atom. The largest absolute Gasteiger partial charge is 0.459 e. The normalized spacial score (nSPS) is 13.1. The second-order valence-corrected chi connectivity index (χ2v) is 8.20. The summed E-state index contributed by atoms with van der Waals surface area (Å²) in [4.78, 5) is 24.9. The third-order valence-corrected chi connectivity index (χ3v) is 5.36. The summed E-state index contributed by atoms with van der Waals surface area (Å²) in [5.74, 6) is -0.601. The van der Waals surface area contributed by atoms with Crippen molar-refractivity contribution in [2.75, 3.05) is 0 Å². The predicted molar refractivity (Wildman–Crippen MR) is 122 cm³/mol. The van der Waals surface area contributed by atoms with Crippen molar-refractivity contribution < 1.29 is 19.1 Å². The Hall–Kier alpha value is -2.36. The van der Waals surface area contributed by atoms with E-state index in [1.165, 1.54) is 0 Å². The van der Waals surface area contributed by atoms with Gasteiger partial charge in [-0.1, -0.05) is 51.7 Å². The summed E-state index contributed by atoms with van der Waals surface area (Å²) in [7, 11) is 0. The van der Waals surface area contributed by atoms with Crippen molar-refractivity contribution in [3.63, 3.8) is 0 Å². The van der Waals surface area contributed by atoms with E-state index in [1.807, 2.05) is 38.1 Å². The molecule has 0 aliphatic carbocycles. The van der Waals surface area contributed by atoms with Gasteiger partial charge in [0.1, 0.15) is 0 Å². The van der Waals surface area contributed by atoms with Crippen LogP contribution in [0.2, 0.25) is 0 Å². The monoisotopic (exact) mass is 412 g/mol. The molecule has 0 fully saturated rings. The molecule has 30 heavy (non-hydrogen) atoms. The van der Waals surface area contributed by atoms with Gasteiger partial charge in [-0.2, -0.15) is 0 Å². The molecule has 0 aliphatic rings. The average Bonchev–Trinajstić information content (AvgIpc) is 2.73. The maximum absolute atomic E-state index is 12.4. The van der Waals surface area contributed by atoms with Gasteiger partial charge < -0.3 is 9.47 Å². The van der Waals surface area contributed by atoms with E-state index in [-0.39, 0.29) is 24.1 Å². The molecule has 0 amide bonds. The van der Waals surface area contributed by atoms with Crippen molar-refractivity contribution >= 4 is 22.7 Å². The lowest BCUT2D eigenvalue weighted by atomic mass is 10.0. The van der Waals surface area contributed by atoms with Crippen LogP contribution >= 0.6 is 0 Å². The van der Waals surface area contributed by atoms with Crippen LogP contribution in [0, 0.1) is 0 Å². The fraction of sp³-hybridized carbons (Fsp3) is 0.538. The molecule has 4 heteroatoms. The van der Waals surface area contributed by atoms with Crippen LogP contribution in [-0.2, 0) is 9.47 Å². The first-order chi connectivity index (χ1) is 14.4. The van der Waals surface area contributed by atoms with Gasteiger partial charge in [-0.25, -0.2) is 9.59 Å². The first-order valence-electron chi connectivity index (χ1n) is 11.4. The van der Waals surface area contributed by atoms with Gasteiger partial charge in [0.05, 0.1) is 23.3 Å². The van der Waals surface area contributed by atoms with E-state index in [1.54, 1.807) is 12.1 Å². The molecular formula is C26H36O4. The van der Waals surface area contributed by atoms with E-state index in [2.05, 4.69) is 13.8 Å². The van der Waals surface area contributed by atoms with Gasteiger partial charge in [-0.05, 0) is 74.6 Å². The minimum absolute atomic E-state index is 0.0868. The Kier molecular flexibility index (Phi) is 9.85. The lowest BCUT2D eigenvalue weighted by Gasteiger charge is -2.14. The van der Waals surface area contributed by atoms with Crippen LogP contribution in [0.5, 0.6) is 0 Å². The maximum atomic E-state index is 12.4. The van der Waals surface area contributed by atoms with E-state index >= 15 is 0 Å². The van der Waals surface area contributed by atoms with Crippen molar-refractivity contribution in [2.45, 2.75) is 91.3 Å². The lowest BCUT2D eigenvalue weighted by Crippen LogP contribution is -2.15. The molecule has 2 aromatic rings. The van der Waals surface area contributed by atoms with E-state index in [0.717, 1.165) is 62.1 Å². The Bertz CT molecular complexity index is 758. The zero-order valence-corrected chi connectivity index (χ0v) is 18.9. The SMILES string of the molecule is CCCCC[C@@H](C)OC(=O)c1ccc2cc(C(=O)O[C@H](C)CCCCC)ccc2c1. The third kappa shape index (κ3) is 7.47. The molecule has 0 spiro atoms. The number of rotatable bonds is 12. The maximum Gasteiger partial charge on any atom is 0.338 e. The van der Waals surface area contributed by atoms with Gasteiger partial charge in [0.25, 0.3) is 0 Å². The average molecular weight is 413 g/mol. The quantitative estimate of drug-likeness (QED) is 0.276. The first-order valence-corrected chi connectivity index (χ1v) is 11.4. The topological polar surface area (TPSA) is 52.6 Å². The molecule has 0 saturated heterocycles. The van der Waals surface area contributed by atoms with Gasteiger partial charge in [0.2, 0.25) is 0 Å². The summed E-state index contributed by atoms with van der Waals surface area (Å²) >= 11 is 0. The second kappa shape index (κ2) is 12.4. The minimum Gasteiger partial charge on any atom is -0.459 e. The van der Waals surface area contributed by atoms with Gasteiger partial charge in [0, 0.05) is 0 Å². The van der Waals surface area contributed by atoms with Crippen LogP contribution in [0.25, 0.3) is 10.8 Å². The number of benzene rings is 2. The highest BCUT2D eigenvalue weighted by Crippen LogP contribution is 2.21. The molecule has 164 valence electrons. The van der Waals surface area contributed by atoms with Crippen molar-refractivity contribution in [3.8, 4) is 0 Å². The molecule has 0 N–H and O–H groups in total. The molecule has 0 unspecified atom stereocenters. The first kappa shape index (κ1) is 23.9. The fourth-order valence-corrected chi connectivity index (χ4v) is 3.48. The van der Waals surface area contributed by atoms with E-state index < -0.39 is 0 Å². The van der Waals surface area contributed by atoms with Crippen LogP contribution < -0.4 is 0 Å². The Morgan fingerprint density at radius 2 is 1.10 bits per heavy atom. The summed E-state index contributed by atoms with van der Waals surface area (Å²) in [5.41, 5.74) is 1.06. The lowest BCUT2D eigenvalue weighted by molar-refractivity contribution is 0.0309. The molecular weight excluding hydrogens is 376 g/mol. The molecule has 2 atom stereocenters. The smallest absolute Gasteiger partial charge is 0.338 e. The van der Waals surface area contributed by atoms with Crippen LogP contribution in [0.4, 0.5) is 0 Å². The Balaban J connectivity index is 1.99. The van der Waals surface area contributed by atoms with Crippen LogP contribution in [0.3, 0.4) is 0 Å². The van der Waals surface area contributed by atoms with Crippen molar-refractivity contribution in [3.05, 3.63) is 47.5 Å². The standard InChI is InChI=1S/C26H36O4/c1-5-7-9-11-19(3)29-25(27)23-15-13-22-18-24(16-14-21(22)17-23)26(28)30-20(4)12-10-8-6-2/h13-20H,5-12H2,1-4H3/t19-,20-/m1/s1. The number of ether oxygens (including phenoxy) is 2. The highest BCUT2D eigenvalue weighted by molar-refractivity contribution is 5.99. The van der Waals surface area contributed by atoms with E-state index in [9.17, 15) is 9.59 Å². The number of carbonyl (C=O) groups is 2. The van der Waals surface area contributed by atoms with E-state index in [4.69, 9.17) is 9.47 Å². The van der Waals surface area contributed by atoms with Crippen LogP contribution in [0.15, 0.2) is 36.4 Å². The number of carbonyl (C=O) groups excluding carboxylic acids is 2. The molecule has 0 saturated carbocycles. The summed E-state index contributed by atoms with van der Waals surface area (Å²) in [6.07, 6.45) is 8.34. The Labute approximate surface area is 181 Å². The highest BCUT2D eigenvalue weighted by atomic mass is 16.5. The summed E-state index contributed by atoms with van der Waals surface area (Å²) in [6, 6.07) is 10.9. The number of hydrogen-bond donors (Lipinski definition) is 0. The van der Waals surface area contributed by atoms with Gasteiger partial charge in [-0.15, -0.1) is 0 Å². The number of unbranched alkanes of at least 4 members (excludes halogenated alkanes) is 4. The molecule has 0 aromatic heterocycles. The van der Waals surface area contributed by atoms with Crippen LogP contribution in [0.1, 0.15) is 99.8 Å². The third-order valence-electron chi connectivity index (χ3n) is 5.36. The minimum atomic E-state index is -0.301. The van der Waals surface area contributed by atoms with Crippen molar-refractivity contribution in [2.24, 2.45) is 0 Å². The van der Waals surface area contributed by atoms with Gasteiger partial charge in [0.15, 0.2) is 0 Å². The molecule has 2 rings (SSSR count). The van der Waals surface area contributed by atoms with Crippen molar-refractivity contribution in [1.82, 2.24) is 0 Å². The van der Waals surface area contributed by atoms with Gasteiger partial charge in [-0.3, -0.25) is 0 Å². The zero-order chi connectivity index (χ0) is 21.9. The van der Waals surface area contributed by atoms with Crippen molar-refractivity contribution in [1.29, 1.82) is 0 Å². The summed E-state index contributed by atoms with van der Waals surface area (Å²) in [5, 5.41) is 1.80.